The van der Waals surface area contributed by atoms with Gasteiger partial charge < -0.3 is 10.2 Å². The molecule has 2 amide bonds. The van der Waals surface area contributed by atoms with Crippen molar-refractivity contribution in [3.63, 3.8) is 0 Å². The smallest absolute Gasteiger partial charge is 0.335 e. The van der Waals surface area contributed by atoms with Gasteiger partial charge in [-0.3, -0.25) is 0 Å². The normalized spacial score (nSPS) is 21.8. The molecule has 0 saturated heterocycles. The summed E-state index contributed by atoms with van der Waals surface area (Å²) in [4.78, 5) is 13.5. The first-order chi connectivity index (χ1) is 10.8. The van der Waals surface area contributed by atoms with E-state index in [-0.39, 0.29) is 25.2 Å². The van der Waals surface area contributed by atoms with Crippen molar-refractivity contribution in [1.29, 1.82) is 0 Å². The van der Waals surface area contributed by atoms with Crippen LogP contribution < -0.4 is 5.32 Å². The number of hydrogen-bond acceptors (Lipinski definition) is 1. The zero-order chi connectivity index (χ0) is 17.0. The number of alkyl halides is 3. The minimum atomic E-state index is -4.20. The van der Waals surface area contributed by atoms with Crippen LogP contribution in [0.2, 0.25) is 0 Å². The summed E-state index contributed by atoms with van der Waals surface area (Å²) in [6.07, 6.45) is -3.14. The molecule has 0 unspecified atom stereocenters. The fourth-order valence-electron chi connectivity index (χ4n) is 2.84. The van der Waals surface area contributed by atoms with E-state index in [9.17, 15) is 22.4 Å². The number of rotatable bonds is 3. The minimum absolute atomic E-state index is 0.0698. The van der Waals surface area contributed by atoms with Gasteiger partial charge in [-0.2, -0.15) is 13.2 Å². The van der Waals surface area contributed by atoms with Crippen LogP contribution in [0.5, 0.6) is 0 Å². The molecule has 0 heterocycles. The summed E-state index contributed by atoms with van der Waals surface area (Å²) in [5.41, 5.74) is 0.751. The molecule has 1 aromatic rings. The van der Waals surface area contributed by atoms with Gasteiger partial charge in [-0.15, -0.1) is 0 Å². The number of nitrogens with one attached hydrogen (secondary N) is 1. The first-order valence-corrected chi connectivity index (χ1v) is 7.58. The molecule has 0 aromatic heterocycles. The monoisotopic (exact) mass is 332 g/mol. The lowest BCUT2D eigenvalue weighted by molar-refractivity contribution is -0.183. The van der Waals surface area contributed by atoms with Crippen LogP contribution in [0.4, 0.5) is 22.4 Å². The second-order valence-corrected chi connectivity index (χ2v) is 6.03. The van der Waals surface area contributed by atoms with Crippen LogP contribution in [0.15, 0.2) is 24.3 Å². The van der Waals surface area contributed by atoms with Crippen LogP contribution in [0.3, 0.4) is 0 Å². The Morgan fingerprint density at radius 3 is 2.52 bits per heavy atom. The first kappa shape index (κ1) is 17.6. The van der Waals surface area contributed by atoms with Gasteiger partial charge in [0.1, 0.15) is 5.82 Å². The summed E-state index contributed by atoms with van der Waals surface area (Å²) < 4.78 is 51.2. The van der Waals surface area contributed by atoms with Crippen molar-refractivity contribution in [2.75, 3.05) is 7.05 Å². The average Bonchev–Trinajstić information content (AvgIpc) is 2.49. The maximum absolute atomic E-state index is 12.8. The van der Waals surface area contributed by atoms with Gasteiger partial charge in [0, 0.05) is 19.6 Å². The number of urea groups is 1. The molecule has 7 heteroatoms. The van der Waals surface area contributed by atoms with Crippen molar-refractivity contribution in [3.05, 3.63) is 35.6 Å². The molecule has 128 valence electrons. The van der Waals surface area contributed by atoms with Gasteiger partial charge in [-0.1, -0.05) is 18.6 Å². The molecular weight excluding hydrogens is 312 g/mol. The Kier molecular flexibility index (Phi) is 5.49. The molecule has 1 fully saturated rings. The van der Waals surface area contributed by atoms with Crippen LogP contribution in [0.1, 0.15) is 31.2 Å². The summed E-state index contributed by atoms with van der Waals surface area (Å²) in [5.74, 6) is -1.70. The number of carbonyl (C=O) groups excluding carboxylic acids is 1. The van der Waals surface area contributed by atoms with E-state index in [1.807, 2.05) is 0 Å². The van der Waals surface area contributed by atoms with Gasteiger partial charge in [0.15, 0.2) is 0 Å². The number of amides is 2. The van der Waals surface area contributed by atoms with Gasteiger partial charge in [0.05, 0.1) is 5.92 Å². The Balaban J connectivity index is 1.86. The van der Waals surface area contributed by atoms with Crippen molar-refractivity contribution in [3.8, 4) is 0 Å². The molecule has 3 nitrogen and oxygen atoms in total. The third-order valence-electron chi connectivity index (χ3n) is 4.14. The van der Waals surface area contributed by atoms with Gasteiger partial charge in [0.2, 0.25) is 0 Å². The van der Waals surface area contributed by atoms with Crippen LogP contribution in [0, 0.1) is 11.7 Å². The second-order valence-electron chi connectivity index (χ2n) is 6.03. The third kappa shape index (κ3) is 5.11. The number of carbonyl (C=O) groups is 1. The zero-order valence-electron chi connectivity index (χ0n) is 12.9. The van der Waals surface area contributed by atoms with Crippen molar-refractivity contribution >= 4 is 6.03 Å². The predicted molar refractivity (Wildman–Crippen MR) is 78.2 cm³/mol. The van der Waals surface area contributed by atoms with Gasteiger partial charge >= 0.3 is 12.2 Å². The van der Waals surface area contributed by atoms with Crippen molar-refractivity contribution < 1.29 is 22.4 Å². The van der Waals surface area contributed by atoms with Crippen LogP contribution in [0.25, 0.3) is 0 Å². The van der Waals surface area contributed by atoms with E-state index in [0.29, 0.717) is 12.8 Å². The average molecular weight is 332 g/mol. The number of hydrogen-bond donors (Lipinski definition) is 1. The predicted octanol–water partition coefficient (Wildman–Crippen LogP) is 4.09. The second kappa shape index (κ2) is 7.19. The molecule has 1 aromatic carbocycles. The van der Waals surface area contributed by atoms with E-state index >= 15 is 0 Å². The molecule has 1 N–H and O–H groups in total. The molecule has 0 radical (unpaired) electrons. The van der Waals surface area contributed by atoms with Crippen LogP contribution >= 0.6 is 0 Å². The van der Waals surface area contributed by atoms with E-state index in [1.165, 1.54) is 17.0 Å². The van der Waals surface area contributed by atoms with Gasteiger partial charge in [-0.25, -0.2) is 9.18 Å². The topological polar surface area (TPSA) is 32.3 Å². The quantitative estimate of drug-likeness (QED) is 0.831. The number of benzene rings is 1. The molecule has 0 bridgehead atoms. The van der Waals surface area contributed by atoms with E-state index in [2.05, 4.69) is 5.32 Å². The Hall–Kier alpha value is -1.79. The summed E-state index contributed by atoms with van der Waals surface area (Å²) >= 11 is 0. The largest absolute Gasteiger partial charge is 0.391 e. The SMILES string of the molecule is CN(Cc1ccc(F)cc1)C(=O)N[C@@H]1CCC[C@H](C(F)(F)F)C1. The zero-order valence-corrected chi connectivity index (χ0v) is 12.9. The Morgan fingerprint density at radius 2 is 1.91 bits per heavy atom. The first-order valence-electron chi connectivity index (χ1n) is 7.58. The van der Waals surface area contributed by atoms with Gasteiger partial charge in [0.25, 0.3) is 0 Å². The fourth-order valence-corrected chi connectivity index (χ4v) is 2.84. The Labute approximate surface area is 132 Å². The standard InChI is InChI=1S/C16H20F4N2O/c1-22(10-11-5-7-13(17)8-6-11)15(23)21-14-4-2-3-12(9-14)16(18,19)20/h5-8,12,14H,2-4,9-10H2,1H3,(H,21,23)/t12-,14+/m0/s1. The summed E-state index contributed by atoms with van der Waals surface area (Å²) in [7, 11) is 1.56. The Bertz CT molecular complexity index is 530. The highest BCUT2D eigenvalue weighted by atomic mass is 19.4. The van der Waals surface area contributed by atoms with Crippen LogP contribution in [-0.4, -0.2) is 30.2 Å². The number of halogens is 4. The lowest BCUT2D eigenvalue weighted by atomic mass is 9.85. The molecule has 1 aliphatic rings. The molecule has 1 aliphatic carbocycles. The summed E-state index contributed by atoms with van der Waals surface area (Å²) in [6.45, 7) is 0.265. The lowest BCUT2D eigenvalue weighted by Crippen LogP contribution is -2.46. The highest BCUT2D eigenvalue weighted by molar-refractivity contribution is 5.74. The summed E-state index contributed by atoms with van der Waals surface area (Å²) in [5, 5.41) is 2.67. The maximum Gasteiger partial charge on any atom is 0.391 e. The van der Waals surface area contributed by atoms with Crippen molar-refractivity contribution in [2.45, 2.75) is 44.4 Å². The molecule has 2 atom stereocenters. The summed E-state index contributed by atoms with van der Waals surface area (Å²) in [6, 6.07) is 4.87. The van der Waals surface area contributed by atoms with Crippen molar-refractivity contribution in [1.82, 2.24) is 10.2 Å². The molecular formula is C16H20F4N2O. The van der Waals surface area contributed by atoms with Crippen molar-refractivity contribution in [2.24, 2.45) is 5.92 Å². The molecule has 0 aliphatic heterocycles. The Morgan fingerprint density at radius 1 is 1.26 bits per heavy atom. The highest BCUT2D eigenvalue weighted by Gasteiger charge is 2.42. The van der Waals surface area contributed by atoms with E-state index in [1.54, 1.807) is 19.2 Å². The highest BCUT2D eigenvalue weighted by Crippen LogP contribution is 2.37. The molecule has 23 heavy (non-hydrogen) atoms. The third-order valence-corrected chi connectivity index (χ3v) is 4.14. The van der Waals surface area contributed by atoms with E-state index < -0.39 is 24.2 Å². The van der Waals surface area contributed by atoms with E-state index in [0.717, 1.165) is 5.56 Å². The van der Waals surface area contributed by atoms with E-state index in [4.69, 9.17) is 0 Å². The van der Waals surface area contributed by atoms with Crippen LogP contribution in [-0.2, 0) is 6.54 Å². The molecule has 0 spiro atoms. The minimum Gasteiger partial charge on any atom is -0.335 e. The fraction of sp³-hybridized carbons (Fsp3) is 0.562. The lowest BCUT2D eigenvalue weighted by Gasteiger charge is -2.32. The molecule has 2 rings (SSSR count). The van der Waals surface area contributed by atoms with Gasteiger partial charge in [-0.05, 0) is 37.0 Å². The maximum atomic E-state index is 12.8. The molecule has 1 saturated carbocycles. The number of nitrogens with zero attached hydrogens (tertiary/aromatic N) is 1.